The Balaban J connectivity index is 1.77. The van der Waals surface area contributed by atoms with Gasteiger partial charge in [0.05, 0.1) is 6.61 Å². The molecule has 1 aromatic rings. The van der Waals surface area contributed by atoms with Gasteiger partial charge in [-0.3, -0.25) is 4.79 Å². The Hall–Kier alpha value is -1.55. The van der Waals surface area contributed by atoms with E-state index in [1.807, 2.05) is 18.2 Å². The summed E-state index contributed by atoms with van der Waals surface area (Å²) in [5, 5.41) is 6.25. The summed E-state index contributed by atoms with van der Waals surface area (Å²) in [4.78, 5) is 12.0. The lowest BCUT2D eigenvalue weighted by atomic mass is 10.0. The number of ether oxygens (including phenoxy) is 1. The van der Waals surface area contributed by atoms with E-state index in [1.54, 1.807) is 0 Å². The minimum absolute atomic E-state index is 0.0162. The zero-order valence-electron chi connectivity index (χ0n) is 12.2. The summed E-state index contributed by atoms with van der Waals surface area (Å²) in [6, 6.07) is 5.88. The second kappa shape index (κ2) is 7.90. The van der Waals surface area contributed by atoms with E-state index >= 15 is 0 Å². The molecule has 1 heterocycles. The van der Waals surface area contributed by atoms with Crippen LogP contribution in [0, 0.1) is 0 Å². The third-order valence-corrected chi connectivity index (χ3v) is 3.48. The molecule has 0 spiro atoms. The van der Waals surface area contributed by atoms with Crippen LogP contribution < -0.4 is 10.6 Å². The Bertz CT molecular complexity index is 446. The van der Waals surface area contributed by atoms with E-state index in [0.717, 1.165) is 50.1 Å². The van der Waals surface area contributed by atoms with E-state index in [2.05, 4.69) is 17.6 Å². The summed E-state index contributed by atoms with van der Waals surface area (Å²) < 4.78 is 5.43. The Morgan fingerprint density at radius 1 is 1.40 bits per heavy atom. The second-order valence-corrected chi connectivity index (χ2v) is 5.12. The van der Waals surface area contributed by atoms with Crippen LogP contribution in [0.4, 0.5) is 5.69 Å². The van der Waals surface area contributed by atoms with E-state index in [0.29, 0.717) is 13.2 Å². The fraction of sp³-hybridized carbons (Fsp3) is 0.562. The van der Waals surface area contributed by atoms with Crippen molar-refractivity contribution >= 4 is 11.6 Å². The Morgan fingerprint density at radius 3 is 3.15 bits per heavy atom. The summed E-state index contributed by atoms with van der Waals surface area (Å²) in [6.45, 7) is 5.08. The molecule has 20 heavy (non-hydrogen) atoms. The van der Waals surface area contributed by atoms with Gasteiger partial charge in [0.2, 0.25) is 0 Å². The van der Waals surface area contributed by atoms with Crippen molar-refractivity contribution in [3.63, 3.8) is 0 Å². The number of amides is 1. The molecule has 0 aromatic heterocycles. The third kappa shape index (κ3) is 4.23. The highest BCUT2D eigenvalue weighted by molar-refractivity contribution is 5.94. The summed E-state index contributed by atoms with van der Waals surface area (Å²) in [5.41, 5.74) is 3.14. The first kappa shape index (κ1) is 14.9. The monoisotopic (exact) mass is 276 g/mol. The van der Waals surface area contributed by atoms with Crippen LogP contribution in [0.3, 0.4) is 0 Å². The molecule has 0 unspecified atom stereocenters. The van der Waals surface area contributed by atoms with Crippen LogP contribution >= 0.6 is 0 Å². The van der Waals surface area contributed by atoms with Crippen molar-refractivity contribution in [1.29, 1.82) is 0 Å². The van der Waals surface area contributed by atoms with Crippen molar-refractivity contribution in [3.8, 4) is 0 Å². The normalized spacial score (nSPS) is 13.4. The van der Waals surface area contributed by atoms with Gasteiger partial charge < -0.3 is 15.4 Å². The fourth-order valence-corrected chi connectivity index (χ4v) is 2.30. The largest absolute Gasteiger partial charge is 0.385 e. The van der Waals surface area contributed by atoms with Gasteiger partial charge in [0.25, 0.3) is 5.91 Å². The molecule has 110 valence electrons. The number of nitrogens with one attached hydrogen (secondary N) is 2. The van der Waals surface area contributed by atoms with Crippen LogP contribution in [0.2, 0.25) is 0 Å². The lowest BCUT2D eigenvalue weighted by molar-refractivity contribution is 0.0912. The van der Waals surface area contributed by atoms with Crippen molar-refractivity contribution in [2.75, 3.05) is 31.6 Å². The average Bonchev–Trinajstić information content (AvgIpc) is 2.50. The first-order chi connectivity index (χ1) is 9.81. The molecule has 2 N–H and O–H groups in total. The van der Waals surface area contributed by atoms with Crippen LogP contribution in [-0.2, 0) is 11.2 Å². The molecule has 0 saturated carbocycles. The van der Waals surface area contributed by atoms with E-state index in [1.165, 1.54) is 5.56 Å². The number of anilines is 1. The molecule has 1 aliphatic heterocycles. The first-order valence-electron chi connectivity index (χ1n) is 7.54. The summed E-state index contributed by atoms with van der Waals surface area (Å²) in [5.74, 6) is -0.0162. The molecule has 1 amide bonds. The van der Waals surface area contributed by atoms with Crippen LogP contribution in [-0.4, -0.2) is 32.2 Å². The Labute approximate surface area is 120 Å². The minimum Gasteiger partial charge on any atom is -0.385 e. The number of aryl methyl sites for hydroxylation is 1. The van der Waals surface area contributed by atoms with Gasteiger partial charge in [-0.2, -0.15) is 0 Å². The quantitative estimate of drug-likeness (QED) is 0.753. The Morgan fingerprint density at radius 2 is 2.30 bits per heavy atom. The van der Waals surface area contributed by atoms with Crippen molar-refractivity contribution in [2.45, 2.75) is 32.6 Å². The van der Waals surface area contributed by atoms with Gasteiger partial charge in [0.1, 0.15) is 0 Å². The predicted molar refractivity (Wildman–Crippen MR) is 81.3 cm³/mol. The van der Waals surface area contributed by atoms with Gasteiger partial charge >= 0.3 is 0 Å². The predicted octanol–water partition coefficient (Wildman–Crippen LogP) is 2.59. The topological polar surface area (TPSA) is 50.4 Å². The molecule has 2 rings (SSSR count). The molecule has 4 nitrogen and oxygen atoms in total. The molecule has 4 heteroatoms. The molecule has 0 atom stereocenters. The Kier molecular flexibility index (Phi) is 5.87. The zero-order valence-corrected chi connectivity index (χ0v) is 12.2. The molecule has 0 radical (unpaired) electrons. The third-order valence-electron chi connectivity index (χ3n) is 3.48. The van der Waals surface area contributed by atoms with Crippen LogP contribution in [0.15, 0.2) is 18.2 Å². The molecular weight excluding hydrogens is 252 g/mol. The molecule has 1 aliphatic rings. The van der Waals surface area contributed by atoms with Crippen LogP contribution in [0.25, 0.3) is 0 Å². The average molecular weight is 276 g/mol. The highest BCUT2D eigenvalue weighted by atomic mass is 16.5. The summed E-state index contributed by atoms with van der Waals surface area (Å²) in [6.07, 6.45) is 4.38. The van der Waals surface area contributed by atoms with Crippen molar-refractivity contribution in [3.05, 3.63) is 29.3 Å². The van der Waals surface area contributed by atoms with Gasteiger partial charge in [0.15, 0.2) is 0 Å². The maximum Gasteiger partial charge on any atom is 0.251 e. The highest BCUT2D eigenvalue weighted by Crippen LogP contribution is 2.22. The van der Waals surface area contributed by atoms with E-state index < -0.39 is 0 Å². The number of unbranched alkanes of at least 4 members (excludes halogenated alkanes) is 1. The number of carbonyl (C=O) groups is 1. The van der Waals surface area contributed by atoms with Gasteiger partial charge in [0, 0.05) is 30.9 Å². The SMILES string of the molecule is CCCCOCCNC(=O)c1ccc2c(c1)CCCN2. The van der Waals surface area contributed by atoms with Crippen molar-refractivity contribution in [1.82, 2.24) is 5.32 Å². The summed E-state index contributed by atoms with van der Waals surface area (Å²) in [7, 11) is 0. The molecule has 0 bridgehead atoms. The van der Waals surface area contributed by atoms with E-state index in [4.69, 9.17) is 4.74 Å². The molecule has 0 aliphatic carbocycles. The number of benzene rings is 1. The zero-order chi connectivity index (χ0) is 14.2. The molecule has 1 aromatic carbocycles. The lowest BCUT2D eigenvalue weighted by Gasteiger charge is -2.18. The van der Waals surface area contributed by atoms with Crippen molar-refractivity contribution < 1.29 is 9.53 Å². The van der Waals surface area contributed by atoms with Gasteiger partial charge in [-0.05, 0) is 43.0 Å². The van der Waals surface area contributed by atoms with Crippen LogP contribution in [0.5, 0.6) is 0 Å². The second-order valence-electron chi connectivity index (χ2n) is 5.12. The summed E-state index contributed by atoms with van der Waals surface area (Å²) >= 11 is 0. The number of hydrogen-bond donors (Lipinski definition) is 2. The van der Waals surface area contributed by atoms with E-state index in [9.17, 15) is 4.79 Å². The number of rotatable bonds is 7. The highest BCUT2D eigenvalue weighted by Gasteiger charge is 2.12. The smallest absolute Gasteiger partial charge is 0.251 e. The van der Waals surface area contributed by atoms with E-state index in [-0.39, 0.29) is 5.91 Å². The maximum absolute atomic E-state index is 12.0. The molecule has 0 saturated heterocycles. The molecule has 0 fully saturated rings. The van der Waals surface area contributed by atoms with Gasteiger partial charge in [-0.25, -0.2) is 0 Å². The molecular formula is C16H24N2O2. The minimum atomic E-state index is -0.0162. The first-order valence-corrected chi connectivity index (χ1v) is 7.54. The number of fused-ring (bicyclic) bond motifs is 1. The van der Waals surface area contributed by atoms with Crippen molar-refractivity contribution in [2.24, 2.45) is 0 Å². The van der Waals surface area contributed by atoms with Gasteiger partial charge in [-0.15, -0.1) is 0 Å². The fourth-order valence-electron chi connectivity index (χ4n) is 2.30. The number of carbonyl (C=O) groups excluding carboxylic acids is 1. The van der Waals surface area contributed by atoms with Gasteiger partial charge in [-0.1, -0.05) is 13.3 Å². The standard InChI is InChI=1S/C16H24N2O2/c1-2-3-10-20-11-9-18-16(19)14-6-7-15-13(12-14)5-4-8-17-15/h6-7,12,17H,2-5,8-11H2,1H3,(H,18,19). The van der Waals surface area contributed by atoms with Crippen LogP contribution in [0.1, 0.15) is 42.1 Å². The maximum atomic E-state index is 12.0. The number of hydrogen-bond acceptors (Lipinski definition) is 3. The lowest BCUT2D eigenvalue weighted by Crippen LogP contribution is -2.27.